The average molecular weight is 311 g/mol. The number of nitrogens with one attached hydrogen (secondary N) is 1. The second-order valence-corrected chi connectivity index (χ2v) is 5.94. The van der Waals surface area contributed by atoms with Crippen molar-refractivity contribution in [3.05, 3.63) is 60.2 Å². The van der Waals surface area contributed by atoms with Crippen LogP contribution < -0.4 is 14.8 Å². The van der Waals surface area contributed by atoms with Crippen molar-refractivity contribution in [2.75, 3.05) is 19.7 Å². The van der Waals surface area contributed by atoms with Crippen LogP contribution in [0.2, 0.25) is 0 Å². The topological polar surface area (TPSA) is 30.5 Å². The largest absolute Gasteiger partial charge is 0.490 e. The van der Waals surface area contributed by atoms with Gasteiger partial charge in [-0.3, -0.25) is 0 Å². The molecule has 3 nitrogen and oxygen atoms in total. The smallest absolute Gasteiger partial charge is 0.162 e. The van der Waals surface area contributed by atoms with Gasteiger partial charge >= 0.3 is 0 Å². The molecule has 122 valence electrons. The first-order valence-electron chi connectivity index (χ1n) is 8.52. The van der Waals surface area contributed by atoms with Gasteiger partial charge in [-0.2, -0.15) is 0 Å². The van der Waals surface area contributed by atoms with Gasteiger partial charge in [0, 0.05) is 12.5 Å². The fourth-order valence-corrected chi connectivity index (χ4v) is 3.18. The first-order valence-corrected chi connectivity index (χ1v) is 8.52. The quantitative estimate of drug-likeness (QED) is 0.867. The molecule has 0 amide bonds. The predicted molar refractivity (Wildman–Crippen MR) is 93.0 cm³/mol. The minimum absolute atomic E-state index is 0.0469. The highest BCUT2D eigenvalue weighted by Gasteiger charge is 2.27. The van der Waals surface area contributed by atoms with E-state index < -0.39 is 0 Å². The summed E-state index contributed by atoms with van der Waals surface area (Å²) in [4.78, 5) is 0. The minimum Gasteiger partial charge on any atom is -0.490 e. The number of para-hydroxylation sites is 2. The Balaban J connectivity index is 1.86. The Hall–Kier alpha value is -2.00. The lowest BCUT2D eigenvalue weighted by atomic mass is 9.89. The third-order valence-corrected chi connectivity index (χ3v) is 4.29. The van der Waals surface area contributed by atoms with Crippen LogP contribution in [0.1, 0.15) is 31.4 Å². The molecule has 1 fully saturated rings. The van der Waals surface area contributed by atoms with Crippen LogP contribution >= 0.6 is 0 Å². The molecule has 2 aromatic rings. The highest BCUT2D eigenvalue weighted by atomic mass is 16.5. The van der Waals surface area contributed by atoms with Crippen LogP contribution in [0.3, 0.4) is 0 Å². The maximum absolute atomic E-state index is 6.46. The molecular weight excluding hydrogens is 286 g/mol. The zero-order valence-electron chi connectivity index (χ0n) is 13.7. The van der Waals surface area contributed by atoms with Crippen molar-refractivity contribution in [2.45, 2.75) is 25.9 Å². The van der Waals surface area contributed by atoms with E-state index in [2.05, 4.69) is 29.6 Å². The fourth-order valence-electron chi connectivity index (χ4n) is 3.18. The van der Waals surface area contributed by atoms with Crippen LogP contribution in [-0.2, 0) is 0 Å². The summed E-state index contributed by atoms with van der Waals surface area (Å²) in [7, 11) is 0. The Kier molecular flexibility index (Phi) is 5.54. The third kappa shape index (κ3) is 4.05. The van der Waals surface area contributed by atoms with E-state index in [0.717, 1.165) is 24.6 Å². The van der Waals surface area contributed by atoms with Crippen LogP contribution in [0.5, 0.6) is 11.5 Å². The summed E-state index contributed by atoms with van der Waals surface area (Å²) < 4.78 is 12.2. The molecule has 0 bridgehead atoms. The molecule has 1 aliphatic heterocycles. The van der Waals surface area contributed by atoms with Gasteiger partial charge in [0.2, 0.25) is 0 Å². The standard InChI is InChI=1S/C20H25NO2/c1-2-22-18-12-6-7-13-19(18)23-20(16-9-4-3-5-10-16)17-11-8-14-21-15-17/h3-7,9-10,12-13,17,20-21H,2,8,11,14-15H2,1H3. The van der Waals surface area contributed by atoms with Crippen LogP contribution in [0.4, 0.5) is 0 Å². The van der Waals surface area contributed by atoms with Gasteiger partial charge in [-0.05, 0) is 44.0 Å². The van der Waals surface area contributed by atoms with Crippen molar-refractivity contribution in [3.8, 4) is 11.5 Å². The highest BCUT2D eigenvalue weighted by molar-refractivity contribution is 5.40. The fraction of sp³-hybridized carbons (Fsp3) is 0.400. The Morgan fingerprint density at radius 1 is 1.04 bits per heavy atom. The summed E-state index contributed by atoms with van der Waals surface area (Å²) in [5.74, 6) is 2.12. The molecule has 0 saturated carbocycles. The summed E-state index contributed by atoms with van der Waals surface area (Å²) >= 11 is 0. The molecule has 0 aliphatic carbocycles. The number of hydrogen-bond acceptors (Lipinski definition) is 3. The first-order chi connectivity index (χ1) is 11.4. The van der Waals surface area contributed by atoms with Crippen molar-refractivity contribution in [3.63, 3.8) is 0 Å². The molecule has 1 N–H and O–H groups in total. The molecule has 0 spiro atoms. The third-order valence-electron chi connectivity index (χ3n) is 4.29. The molecule has 3 rings (SSSR count). The van der Waals surface area contributed by atoms with Crippen LogP contribution in [0.25, 0.3) is 0 Å². The second-order valence-electron chi connectivity index (χ2n) is 5.94. The van der Waals surface area contributed by atoms with Crippen molar-refractivity contribution in [2.24, 2.45) is 5.92 Å². The van der Waals surface area contributed by atoms with E-state index in [1.54, 1.807) is 0 Å². The van der Waals surface area contributed by atoms with E-state index in [-0.39, 0.29) is 6.10 Å². The van der Waals surface area contributed by atoms with E-state index >= 15 is 0 Å². The van der Waals surface area contributed by atoms with Crippen molar-refractivity contribution in [1.82, 2.24) is 5.32 Å². The van der Waals surface area contributed by atoms with Gasteiger partial charge in [0.1, 0.15) is 6.10 Å². The van der Waals surface area contributed by atoms with Crippen molar-refractivity contribution >= 4 is 0 Å². The molecule has 23 heavy (non-hydrogen) atoms. The number of piperidine rings is 1. The first kappa shape index (κ1) is 15.9. The Morgan fingerprint density at radius 3 is 2.48 bits per heavy atom. The predicted octanol–water partition coefficient (Wildman–Crippen LogP) is 4.21. The van der Waals surface area contributed by atoms with Gasteiger partial charge in [0.05, 0.1) is 6.61 Å². The van der Waals surface area contributed by atoms with Crippen LogP contribution in [-0.4, -0.2) is 19.7 Å². The normalized spacial score (nSPS) is 19.1. The lowest BCUT2D eigenvalue weighted by Gasteiger charge is -2.32. The van der Waals surface area contributed by atoms with Gasteiger partial charge in [-0.25, -0.2) is 0 Å². The zero-order chi connectivity index (χ0) is 15.9. The van der Waals surface area contributed by atoms with E-state index in [1.807, 2.05) is 37.3 Å². The number of benzene rings is 2. The van der Waals surface area contributed by atoms with Gasteiger partial charge in [0.25, 0.3) is 0 Å². The molecule has 2 aromatic carbocycles. The monoisotopic (exact) mass is 311 g/mol. The van der Waals surface area contributed by atoms with Gasteiger partial charge in [0.15, 0.2) is 11.5 Å². The Morgan fingerprint density at radius 2 is 1.78 bits per heavy atom. The molecule has 1 heterocycles. The summed E-state index contributed by atoms with van der Waals surface area (Å²) in [5, 5.41) is 3.50. The molecule has 2 atom stereocenters. The number of rotatable bonds is 6. The average Bonchev–Trinajstić information content (AvgIpc) is 2.63. The molecule has 2 unspecified atom stereocenters. The van der Waals surface area contributed by atoms with Crippen LogP contribution in [0, 0.1) is 5.92 Å². The summed E-state index contributed by atoms with van der Waals surface area (Å²) in [6.45, 7) is 4.74. The van der Waals surface area contributed by atoms with Crippen molar-refractivity contribution in [1.29, 1.82) is 0 Å². The number of hydrogen-bond donors (Lipinski definition) is 1. The number of ether oxygens (including phenoxy) is 2. The summed E-state index contributed by atoms with van der Waals surface area (Å²) in [6.07, 6.45) is 2.43. The van der Waals surface area contributed by atoms with Crippen molar-refractivity contribution < 1.29 is 9.47 Å². The van der Waals surface area contributed by atoms with Gasteiger partial charge < -0.3 is 14.8 Å². The maximum atomic E-state index is 6.46. The summed E-state index contributed by atoms with van der Waals surface area (Å²) in [5.41, 5.74) is 1.23. The molecule has 0 radical (unpaired) electrons. The minimum atomic E-state index is 0.0469. The van der Waals surface area contributed by atoms with Gasteiger partial charge in [-0.1, -0.05) is 42.5 Å². The van der Waals surface area contributed by atoms with Gasteiger partial charge in [-0.15, -0.1) is 0 Å². The van der Waals surface area contributed by atoms with E-state index in [0.29, 0.717) is 12.5 Å². The Labute approximate surface area is 138 Å². The second kappa shape index (κ2) is 8.02. The van der Waals surface area contributed by atoms with E-state index in [4.69, 9.17) is 9.47 Å². The molecule has 1 aliphatic rings. The lowest BCUT2D eigenvalue weighted by Crippen LogP contribution is -2.35. The highest BCUT2D eigenvalue weighted by Crippen LogP contribution is 2.36. The molecular formula is C20H25NO2. The lowest BCUT2D eigenvalue weighted by molar-refractivity contribution is 0.111. The molecule has 3 heteroatoms. The maximum Gasteiger partial charge on any atom is 0.162 e. The molecule has 0 aromatic heterocycles. The van der Waals surface area contributed by atoms with E-state index in [9.17, 15) is 0 Å². The SMILES string of the molecule is CCOc1ccccc1OC(c1ccccc1)C1CCCNC1. The van der Waals surface area contributed by atoms with Crippen LogP contribution in [0.15, 0.2) is 54.6 Å². The Bertz CT molecular complexity index is 594. The van der Waals surface area contributed by atoms with E-state index in [1.165, 1.54) is 18.4 Å². The zero-order valence-corrected chi connectivity index (χ0v) is 13.7. The summed E-state index contributed by atoms with van der Waals surface area (Å²) in [6, 6.07) is 18.5. The molecule has 1 saturated heterocycles.